The lowest BCUT2D eigenvalue weighted by atomic mass is 10.1. The second-order valence-electron chi connectivity index (χ2n) is 5.65. The molecule has 0 aromatic heterocycles. The van der Waals surface area contributed by atoms with Crippen molar-refractivity contribution in [2.75, 3.05) is 26.1 Å². The number of amides is 2. The minimum Gasteiger partial charge on any atom is -0.493 e. The third-order valence-electron chi connectivity index (χ3n) is 3.88. The molecule has 2 N–H and O–H groups in total. The number of hydrogen-bond donors (Lipinski definition) is 2. The molecule has 6 nitrogen and oxygen atoms in total. The molecule has 0 aliphatic rings. The minimum absolute atomic E-state index is 0.216. The first kappa shape index (κ1) is 19.3. The number of ether oxygens (including phenoxy) is 2. The maximum absolute atomic E-state index is 12.7. The van der Waals surface area contributed by atoms with E-state index in [0.717, 1.165) is 12.8 Å². The molecule has 0 bridgehead atoms. The topological polar surface area (TPSA) is 76.7 Å². The number of anilines is 1. The van der Waals surface area contributed by atoms with Crippen LogP contribution in [0.4, 0.5) is 5.69 Å². The third kappa shape index (κ3) is 4.53. The molecular weight excluding hydrogens is 332 g/mol. The highest BCUT2D eigenvalue weighted by Crippen LogP contribution is 2.31. The number of unbranched alkanes of at least 4 members (excludes halogenated alkanes) is 1. The standard InChI is InChI=1S/C20H24N2O4/c1-4-5-13-21-19(23)14-9-6-7-11-16(14)22-20(24)15-10-8-12-17(25-2)18(15)26-3/h6-12H,4-5,13H2,1-3H3,(H,21,23)(H,22,24). The molecule has 0 saturated heterocycles. The van der Waals surface area contributed by atoms with E-state index < -0.39 is 0 Å². The Hall–Kier alpha value is -3.02. The summed E-state index contributed by atoms with van der Waals surface area (Å²) in [6, 6.07) is 12.0. The summed E-state index contributed by atoms with van der Waals surface area (Å²) in [6.45, 7) is 2.66. The lowest BCUT2D eigenvalue weighted by Gasteiger charge is -2.14. The Bertz CT molecular complexity index is 774. The zero-order chi connectivity index (χ0) is 18.9. The Balaban J connectivity index is 2.24. The van der Waals surface area contributed by atoms with E-state index in [4.69, 9.17) is 9.47 Å². The van der Waals surface area contributed by atoms with Crippen LogP contribution in [0.5, 0.6) is 11.5 Å². The monoisotopic (exact) mass is 356 g/mol. The summed E-state index contributed by atoms with van der Waals surface area (Å²) in [5, 5.41) is 5.65. The Labute approximate surface area is 153 Å². The molecule has 0 radical (unpaired) electrons. The molecule has 138 valence electrons. The Morgan fingerprint density at radius 1 is 0.923 bits per heavy atom. The Kier molecular flexibility index (Phi) is 7.02. The first-order valence-corrected chi connectivity index (χ1v) is 8.52. The van der Waals surface area contributed by atoms with Gasteiger partial charge in [0, 0.05) is 6.54 Å². The smallest absolute Gasteiger partial charge is 0.259 e. The highest BCUT2D eigenvalue weighted by Gasteiger charge is 2.18. The SMILES string of the molecule is CCCCNC(=O)c1ccccc1NC(=O)c1cccc(OC)c1OC. The molecule has 2 rings (SSSR count). The molecule has 0 fully saturated rings. The number of hydrogen-bond acceptors (Lipinski definition) is 4. The average Bonchev–Trinajstić information content (AvgIpc) is 2.67. The first-order chi connectivity index (χ1) is 12.6. The van der Waals surface area contributed by atoms with Gasteiger partial charge in [-0.05, 0) is 30.7 Å². The van der Waals surface area contributed by atoms with E-state index in [9.17, 15) is 9.59 Å². The van der Waals surface area contributed by atoms with Gasteiger partial charge in [0.25, 0.3) is 11.8 Å². The molecule has 0 spiro atoms. The summed E-state index contributed by atoms with van der Waals surface area (Å²) in [6.07, 6.45) is 1.90. The van der Waals surface area contributed by atoms with Gasteiger partial charge in [0.15, 0.2) is 11.5 Å². The predicted molar refractivity (Wildman–Crippen MR) is 101 cm³/mol. The molecule has 0 unspecified atom stereocenters. The number of carbonyl (C=O) groups is 2. The van der Waals surface area contributed by atoms with Crippen LogP contribution in [0.25, 0.3) is 0 Å². The summed E-state index contributed by atoms with van der Waals surface area (Å²) in [5.74, 6) is 0.213. The van der Waals surface area contributed by atoms with Crippen LogP contribution in [-0.4, -0.2) is 32.6 Å². The summed E-state index contributed by atoms with van der Waals surface area (Å²) in [5.41, 5.74) is 1.18. The first-order valence-electron chi connectivity index (χ1n) is 8.52. The van der Waals surface area contributed by atoms with Gasteiger partial charge in [-0.1, -0.05) is 31.5 Å². The van der Waals surface area contributed by atoms with Crippen molar-refractivity contribution in [3.8, 4) is 11.5 Å². The fourth-order valence-electron chi connectivity index (χ4n) is 2.52. The van der Waals surface area contributed by atoms with Gasteiger partial charge in [0.1, 0.15) is 0 Å². The van der Waals surface area contributed by atoms with Crippen molar-refractivity contribution in [3.05, 3.63) is 53.6 Å². The number of methoxy groups -OCH3 is 2. The van der Waals surface area contributed by atoms with E-state index in [1.54, 1.807) is 42.5 Å². The third-order valence-corrected chi connectivity index (χ3v) is 3.88. The van der Waals surface area contributed by atoms with E-state index in [-0.39, 0.29) is 11.8 Å². The zero-order valence-electron chi connectivity index (χ0n) is 15.3. The highest BCUT2D eigenvalue weighted by atomic mass is 16.5. The van der Waals surface area contributed by atoms with Crippen molar-refractivity contribution < 1.29 is 19.1 Å². The van der Waals surface area contributed by atoms with Crippen LogP contribution < -0.4 is 20.1 Å². The summed E-state index contributed by atoms with van der Waals surface area (Å²) < 4.78 is 10.5. The fourth-order valence-corrected chi connectivity index (χ4v) is 2.52. The summed E-state index contributed by atoms with van der Waals surface area (Å²) in [4.78, 5) is 25.1. The van der Waals surface area contributed by atoms with Gasteiger partial charge < -0.3 is 20.1 Å². The Morgan fingerprint density at radius 3 is 2.35 bits per heavy atom. The van der Waals surface area contributed by atoms with Crippen molar-refractivity contribution in [2.45, 2.75) is 19.8 Å². The lowest BCUT2D eigenvalue weighted by Crippen LogP contribution is -2.26. The van der Waals surface area contributed by atoms with E-state index in [1.165, 1.54) is 14.2 Å². The molecule has 0 heterocycles. The van der Waals surface area contributed by atoms with Crippen LogP contribution in [0, 0.1) is 0 Å². The van der Waals surface area contributed by atoms with Gasteiger partial charge in [-0.25, -0.2) is 0 Å². The van der Waals surface area contributed by atoms with Gasteiger partial charge in [-0.2, -0.15) is 0 Å². The average molecular weight is 356 g/mol. The van der Waals surface area contributed by atoms with Crippen LogP contribution in [0.1, 0.15) is 40.5 Å². The largest absolute Gasteiger partial charge is 0.493 e. The molecule has 2 amide bonds. The van der Waals surface area contributed by atoms with Gasteiger partial charge >= 0.3 is 0 Å². The maximum Gasteiger partial charge on any atom is 0.259 e. The van der Waals surface area contributed by atoms with Crippen LogP contribution in [-0.2, 0) is 0 Å². The van der Waals surface area contributed by atoms with Crippen molar-refractivity contribution in [1.82, 2.24) is 5.32 Å². The van der Waals surface area contributed by atoms with E-state index in [2.05, 4.69) is 17.6 Å². The van der Waals surface area contributed by atoms with Crippen molar-refractivity contribution >= 4 is 17.5 Å². The minimum atomic E-state index is -0.380. The summed E-state index contributed by atoms with van der Waals surface area (Å²) in [7, 11) is 2.99. The van der Waals surface area contributed by atoms with Crippen molar-refractivity contribution in [1.29, 1.82) is 0 Å². The molecule has 0 saturated carbocycles. The van der Waals surface area contributed by atoms with Crippen LogP contribution >= 0.6 is 0 Å². The number of rotatable bonds is 8. The van der Waals surface area contributed by atoms with E-state index in [1.807, 2.05) is 0 Å². The second-order valence-corrected chi connectivity index (χ2v) is 5.65. The molecular formula is C20H24N2O4. The highest BCUT2D eigenvalue weighted by molar-refractivity contribution is 6.10. The maximum atomic E-state index is 12.7. The van der Waals surface area contributed by atoms with Gasteiger partial charge in [0.05, 0.1) is 31.0 Å². The molecule has 6 heteroatoms. The predicted octanol–water partition coefficient (Wildman–Crippen LogP) is 3.49. The number of nitrogens with one attached hydrogen (secondary N) is 2. The van der Waals surface area contributed by atoms with E-state index in [0.29, 0.717) is 34.9 Å². The molecule has 26 heavy (non-hydrogen) atoms. The van der Waals surface area contributed by atoms with Gasteiger partial charge in [0.2, 0.25) is 0 Å². The molecule has 0 aliphatic heterocycles. The lowest BCUT2D eigenvalue weighted by molar-refractivity contribution is 0.0954. The number of para-hydroxylation sites is 2. The quantitative estimate of drug-likeness (QED) is 0.710. The van der Waals surface area contributed by atoms with Crippen molar-refractivity contribution in [3.63, 3.8) is 0 Å². The Morgan fingerprint density at radius 2 is 1.65 bits per heavy atom. The number of benzene rings is 2. The van der Waals surface area contributed by atoms with Crippen LogP contribution in [0.3, 0.4) is 0 Å². The van der Waals surface area contributed by atoms with Crippen LogP contribution in [0.15, 0.2) is 42.5 Å². The summed E-state index contributed by atoms with van der Waals surface area (Å²) >= 11 is 0. The van der Waals surface area contributed by atoms with Crippen molar-refractivity contribution in [2.24, 2.45) is 0 Å². The molecule has 0 atom stereocenters. The zero-order valence-corrected chi connectivity index (χ0v) is 15.3. The second kappa shape index (κ2) is 9.46. The molecule has 0 aliphatic carbocycles. The molecule has 2 aromatic rings. The normalized spacial score (nSPS) is 10.1. The molecule has 2 aromatic carbocycles. The number of carbonyl (C=O) groups excluding carboxylic acids is 2. The van der Waals surface area contributed by atoms with Gasteiger partial charge in [-0.3, -0.25) is 9.59 Å². The van der Waals surface area contributed by atoms with E-state index >= 15 is 0 Å². The fraction of sp³-hybridized carbons (Fsp3) is 0.300. The van der Waals surface area contributed by atoms with Crippen LogP contribution in [0.2, 0.25) is 0 Å². The van der Waals surface area contributed by atoms with Gasteiger partial charge in [-0.15, -0.1) is 0 Å².